The molecule has 0 spiro atoms. The second-order valence-corrected chi connectivity index (χ2v) is 6.46. The number of nitrogens with zero attached hydrogens (tertiary/aromatic N) is 1. The van der Waals surface area contributed by atoms with Crippen LogP contribution in [-0.2, 0) is 13.1 Å². The summed E-state index contributed by atoms with van der Waals surface area (Å²) in [4.78, 5) is 2.44. The van der Waals surface area contributed by atoms with Crippen LogP contribution in [0.3, 0.4) is 0 Å². The minimum absolute atomic E-state index is 0.0697. The van der Waals surface area contributed by atoms with Crippen molar-refractivity contribution < 1.29 is 4.39 Å². The molecule has 0 heterocycles. The molecule has 0 radical (unpaired) electrons. The molecule has 1 saturated carbocycles. The predicted octanol–water partition coefficient (Wildman–Crippen LogP) is 4.09. The highest BCUT2D eigenvalue weighted by Crippen LogP contribution is 2.25. The van der Waals surface area contributed by atoms with Gasteiger partial charge >= 0.3 is 0 Å². The fourth-order valence-corrected chi connectivity index (χ4v) is 3.17. The molecule has 0 amide bonds. The number of hydrogen-bond donors (Lipinski definition) is 1. The lowest BCUT2D eigenvalue weighted by molar-refractivity contribution is 0.198. The summed E-state index contributed by atoms with van der Waals surface area (Å²) in [6, 6.07) is 6.63. The van der Waals surface area contributed by atoms with Crippen LogP contribution in [0.15, 0.2) is 18.2 Å². The van der Waals surface area contributed by atoms with E-state index >= 15 is 0 Å². The van der Waals surface area contributed by atoms with Gasteiger partial charge in [0.15, 0.2) is 0 Å². The van der Waals surface area contributed by atoms with Crippen LogP contribution < -0.4 is 5.32 Å². The Morgan fingerprint density at radius 3 is 2.62 bits per heavy atom. The van der Waals surface area contributed by atoms with Gasteiger partial charge in [0.2, 0.25) is 0 Å². The van der Waals surface area contributed by atoms with Crippen molar-refractivity contribution in [2.24, 2.45) is 0 Å². The maximum atomic E-state index is 14.1. The van der Waals surface area contributed by atoms with E-state index in [2.05, 4.69) is 31.0 Å². The van der Waals surface area contributed by atoms with Gasteiger partial charge in [-0.15, -0.1) is 0 Å². The summed E-state index contributed by atoms with van der Waals surface area (Å²) in [5.41, 5.74) is 2.01. The van der Waals surface area contributed by atoms with Crippen LogP contribution in [0.4, 0.5) is 4.39 Å². The highest BCUT2D eigenvalue weighted by Gasteiger charge is 2.22. The zero-order chi connectivity index (χ0) is 15.2. The number of benzene rings is 1. The Balaban J connectivity index is 2.04. The van der Waals surface area contributed by atoms with E-state index in [1.54, 1.807) is 6.07 Å². The van der Waals surface area contributed by atoms with Crippen molar-refractivity contribution in [1.82, 2.24) is 10.2 Å². The smallest absolute Gasteiger partial charge is 0.127 e. The van der Waals surface area contributed by atoms with Gasteiger partial charge in [-0.3, -0.25) is 4.90 Å². The van der Waals surface area contributed by atoms with Crippen molar-refractivity contribution in [2.75, 3.05) is 6.54 Å². The van der Waals surface area contributed by atoms with Crippen molar-refractivity contribution in [3.05, 3.63) is 35.1 Å². The monoisotopic (exact) mass is 292 g/mol. The molecule has 0 aliphatic heterocycles. The van der Waals surface area contributed by atoms with E-state index in [1.165, 1.54) is 31.2 Å². The van der Waals surface area contributed by atoms with E-state index in [4.69, 9.17) is 0 Å². The van der Waals surface area contributed by atoms with Crippen LogP contribution in [0.2, 0.25) is 0 Å². The normalized spacial score (nSPS) is 16.3. The van der Waals surface area contributed by atoms with Gasteiger partial charge in [0.05, 0.1) is 0 Å². The van der Waals surface area contributed by atoms with Crippen molar-refractivity contribution in [1.29, 1.82) is 0 Å². The first-order chi connectivity index (χ1) is 10.1. The summed E-state index contributed by atoms with van der Waals surface area (Å²) in [6.45, 7) is 8.98. The van der Waals surface area contributed by atoms with E-state index in [-0.39, 0.29) is 5.82 Å². The van der Waals surface area contributed by atoms with E-state index in [0.717, 1.165) is 25.2 Å². The molecule has 0 bridgehead atoms. The van der Waals surface area contributed by atoms with Gasteiger partial charge in [-0.05, 0) is 31.0 Å². The molecule has 1 aliphatic carbocycles. The van der Waals surface area contributed by atoms with Crippen LogP contribution in [0.1, 0.15) is 57.6 Å². The SMILES string of the molecule is CCN(Cc1cc(CNC(C)C)ccc1F)C1CCCC1. The van der Waals surface area contributed by atoms with Gasteiger partial charge < -0.3 is 5.32 Å². The Bertz CT molecular complexity index is 439. The molecular weight excluding hydrogens is 263 g/mol. The predicted molar refractivity (Wildman–Crippen MR) is 86.7 cm³/mol. The number of hydrogen-bond acceptors (Lipinski definition) is 2. The van der Waals surface area contributed by atoms with Crippen molar-refractivity contribution >= 4 is 0 Å². The number of halogens is 1. The zero-order valence-electron chi connectivity index (χ0n) is 13.7. The first kappa shape index (κ1) is 16.4. The fraction of sp³-hybridized carbons (Fsp3) is 0.667. The van der Waals surface area contributed by atoms with Gasteiger partial charge in [0.25, 0.3) is 0 Å². The highest BCUT2D eigenvalue weighted by atomic mass is 19.1. The fourth-order valence-electron chi connectivity index (χ4n) is 3.17. The molecular formula is C18H29FN2. The number of nitrogens with one attached hydrogen (secondary N) is 1. The standard InChI is InChI=1S/C18H29FN2/c1-4-21(17-7-5-6-8-17)13-16-11-15(9-10-18(16)19)12-20-14(2)3/h9-11,14,17,20H,4-8,12-13H2,1-3H3. The molecule has 1 aliphatic rings. The third kappa shape index (κ3) is 4.79. The molecule has 21 heavy (non-hydrogen) atoms. The summed E-state index contributed by atoms with van der Waals surface area (Å²) < 4.78 is 14.1. The lowest BCUT2D eigenvalue weighted by atomic mass is 10.1. The second-order valence-electron chi connectivity index (χ2n) is 6.46. The zero-order valence-corrected chi connectivity index (χ0v) is 13.7. The molecule has 1 N–H and O–H groups in total. The maximum Gasteiger partial charge on any atom is 0.127 e. The third-order valence-corrected chi connectivity index (χ3v) is 4.45. The lowest BCUT2D eigenvalue weighted by Crippen LogP contribution is -2.32. The van der Waals surface area contributed by atoms with E-state index in [9.17, 15) is 4.39 Å². The molecule has 1 fully saturated rings. The van der Waals surface area contributed by atoms with Crippen LogP contribution in [0.5, 0.6) is 0 Å². The first-order valence-electron chi connectivity index (χ1n) is 8.35. The number of rotatable bonds is 7. The van der Waals surface area contributed by atoms with E-state index < -0.39 is 0 Å². The summed E-state index contributed by atoms with van der Waals surface area (Å²) in [5.74, 6) is -0.0697. The van der Waals surface area contributed by atoms with Crippen LogP contribution in [0, 0.1) is 5.82 Å². The maximum absolute atomic E-state index is 14.1. The first-order valence-corrected chi connectivity index (χ1v) is 8.35. The molecule has 1 aromatic rings. The van der Waals surface area contributed by atoms with E-state index in [1.807, 2.05) is 12.1 Å². The average Bonchev–Trinajstić information content (AvgIpc) is 2.99. The van der Waals surface area contributed by atoms with Crippen LogP contribution >= 0.6 is 0 Å². The van der Waals surface area contributed by atoms with Gasteiger partial charge in [0, 0.05) is 30.7 Å². The Labute approximate surface area is 128 Å². The third-order valence-electron chi connectivity index (χ3n) is 4.45. The average molecular weight is 292 g/mol. The minimum Gasteiger partial charge on any atom is -0.310 e. The molecule has 0 saturated heterocycles. The molecule has 118 valence electrons. The van der Waals surface area contributed by atoms with Crippen LogP contribution in [-0.4, -0.2) is 23.5 Å². The van der Waals surface area contributed by atoms with Gasteiger partial charge in [-0.25, -0.2) is 4.39 Å². The van der Waals surface area contributed by atoms with Crippen LogP contribution in [0.25, 0.3) is 0 Å². The van der Waals surface area contributed by atoms with Gasteiger partial charge in [-0.2, -0.15) is 0 Å². The minimum atomic E-state index is -0.0697. The van der Waals surface area contributed by atoms with Crippen molar-refractivity contribution in [3.8, 4) is 0 Å². The Hall–Kier alpha value is -0.930. The van der Waals surface area contributed by atoms with Crippen molar-refractivity contribution in [3.63, 3.8) is 0 Å². The van der Waals surface area contributed by atoms with E-state index in [0.29, 0.717) is 12.1 Å². The largest absolute Gasteiger partial charge is 0.310 e. The molecule has 0 aromatic heterocycles. The summed E-state index contributed by atoms with van der Waals surface area (Å²) in [5, 5.41) is 3.39. The summed E-state index contributed by atoms with van der Waals surface area (Å²) in [6.07, 6.45) is 5.18. The molecule has 0 unspecified atom stereocenters. The van der Waals surface area contributed by atoms with Gasteiger partial charge in [-0.1, -0.05) is 45.7 Å². The Kier molecular flexibility index (Phi) is 6.19. The summed E-state index contributed by atoms with van der Waals surface area (Å²) >= 11 is 0. The molecule has 2 rings (SSSR count). The topological polar surface area (TPSA) is 15.3 Å². The van der Waals surface area contributed by atoms with Gasteiger partial charge in [0.1, 0.15) is 5.82 Å². The molecule has 3 heteroatoms. The summed E-state index contributed by atoms with van der Waals surface area (Å²) in [7, 11) is 0. The quantitative estimate of drug-likeness (QED) is 0.814. The Morgan fingerprint density at radius 1 is 1.29 bits per heavy atom. The second kappa shape index (κ2) is 7.90. The molecule has 2 nitrogen and oxygen atoms in total. The molecule has 0 atom stereocenters. The Morgan fingerprint density at radius 2 is 2.00 bits per heavy atom. The molecule has 1 aromatic carbocycles. The van der Waals surface area contributed by atoms with Crippen molar-refractivity contribution in [2.45, 2.75) is 71.6 Å². The lowest BCUT2D eigenvalue weighted by Gasteiger charge is -2.27. The highest BCUT2D eigenvalue weighted by molar-refractivity contribution is 5.25.